The lowest BCUT2D eigenvalue weighted by Gasteiger charge is -2.39. The summed E-state index contributed by atoms with van der Waals surface area (Å²) < 4.78 is 61.0. The van der Waals surface area contributed by atoms with Crippen LogP contribution >= 0.6 is 11.6 Å². The largest absolute Gasteiger partial charge is 0.505 e. The average Bonchev–Trinajstić information content (AvgIpc) is 2.83. The number of rotatable bonds is 6. The first-order valence-electron chi connectivity index (χ1n) is 12.2. The van der Waals surface area contributed by atoms with Crippen LogP contribution in [0.4, 0.5) is 13.6 Å². The Labute approximate surface area is 235 Å². The number of carbonyl (C=O) groups excluding carboxylic acids is 2. The Morgan fingerprint density at radius 2 is 1.73 bits per heavy atom. The van der Waals surface area contributed by atoms with Gasteiger partial charge in [0.2, 0.25) is 0 Å². The molecule has 0 aliphatic carbocycles. The Morgan fingerprint density at radius 3 is 2.35 bits per heavy atom. The van der Waals surface area contributed by atoms with Crippen molar-refractivity contribution in [2.45, 2.75) is 43.1 Å². The molecule has 212 valence electrons. The highest BCUT2D eigenvalue weighted by molar-refractivity contribution is 7.90. The fourth-order valence-electron chi connectivity index (χ4n) is 4.15. The maximum absolute atomic E-state index is 14.7. The standard InChI is InChI=1S/C28H27ClF2N2O6S/c1-28(2,3)39-27(36)32-19-13-33(14-19)26(35)17-10-21(29)25(34)24(11-17)40(37,38)15-18-9-20(23(31)12-22(18)30)16-7-5-4-6-8-16/h4-12,19,34H,13-15H2,1-3H3,(H,32,36). The number of sulfone groups is 1. The number of phenolic OH excluding ortho intramolecular Hbond substituents is 1. The molecule has 0 spiro atoms. The van der Waals surface area contributed by atoms with Gasteiger partial charge in [-0.1, -0.05) is 41.9 Å². The summed E-state index contributed by atoms with van der Waals surface area (Å²) in [6.45, 7) is 5.44. The molecule has 1 saturated heterocycles. The predicted molar refractivity (Wildman–Crippen MR) is 145 cm³/mol. The number of hydrogen-bond acceptors (Lipinski definition) is 6. The van der Waals surface area contributed by atoms with Crippen molar-refractivity contribution >= 4 is 33.4 Å². The number of alkyl carbamates (subject to hydrolysis) is 1. The first-order chi connectivity index (χ1) is 18.6. The van der Waals surface area contributed by atoms with Gasteiger partial charge in [0, 0.05) is 35.8 Å². The number of nitrogens with one attached hydrogen (secondary N) is 1. The van der Waals surface area contributed by atoms with Crippen LogP contribution in [0, 0.1) is 11.6 Å². The Hall–Kier alpha value is -3.70. The van der Waals surface area contributed by atoms with E-state index in [9.17, 15) is 31.9 Å². The third kappa shape index (κ3) is 6.53. The van der Waals surface area contributed by atoms with Gasteiger partial charge in [0.25, 0.3) is 5.91 Å². The summed E-state index contributed by atoms with van der Waals surface area (Å²) in [5.74, 6) is -4.25. The van der Waals surface area contributed by atoms with Gasteiger partial charge in [0.05, 0.1) is 16.8 Å². The second-order valence-electron chi connectivity index (χ2n) is 10.4. The lowest BCUT2D eigenvalue weighted by molar-refractivity contribution is 0.0359. The summed E-state index contributed by atoms with van der Waals surface area (Å²) in [6.07, 6.45) is -0.630. The third-order valence-electron chi connectivity index (χ3n) is 6.07. The number of halogens is 3. The molecule has 4 rings (SSSR count). The van der Waals surface area contributed by atoms with E-state index in [0.717, 1.165) is 18.2 Å². The van der Waals surface area contributed by atoms with E-state index in [1.807, 2.05) is 0 Å². The number of likely N-dealkylation sites (tertiary alicyclic amines) is 1. The molecule has 0 atom stereocenters. The molecule has 3 aromatic carbocycles. The van der Waals surface area contributed by atoms with Crippen LogP contribution in [0.3, 0.4) is 0 Å². The normalized spacial score (nSPS) is 14.0. The zero-order valence-electron chi connectivity index (χ0n) is 21.9. The predicted octanol–water partition coefficient (Wildman–Crippen LogP) is 5.31. The molecule has 0 saturated carbocycles. The van der Waals surface area contributed by atoms with Crippen LogP contribution in [-0.4, -0.2) is 55.2 Å². The Balaban J connectivity index is 1.55. The van der Waals surface area contributed by atoms with Gasteiger partial charge < -0.3 is 20.1 Å². The number of amides is 2. The summed E-state index contributed by atoms with van der Waals surface area (Å²) in [6, 6.07) is 11.7. The van der Waals surface area contributed by atoms with Gasteiger partial charge in [-0.3, -0.25) is 4.79 Å². The van der Waals surface area contributed by atoms with Gasteiger partial charge in [-0.2, -0.15) is 0 Å². The molecular weight excluding hydrogens is 566 g/mol. The number of benzene rings is 3. The van der Waals surface area contributed by atoms with Crippen LogP contribution in [0.1, 0.15) is 36.7 Å². The SMILES string of the molecule is CC(C)(C)OC(=O)NC1CN(C(=O)c2cc(Cl)c(O)c(S(=O)(=O)Cc3cc(-c4ccccc4)c(F)cc3F)c2)C1. The van der Waals surface area contributed by atoms with Crippen molar-refractivity contribution in [2.24, 2.45) is 0 Å². The summed E-state index contributed by atoms with van der Waals surface area (Å²) in [4.78, 5) is 25.7. The number of nitrogens with zero attached hydrogens (tertiary/aromatic N) is 1. The van der Waals surface area contributed by atoms with Crippen LogP contribution in [-0.2, 0) is 20.3 Å². The molecule has 1 aliphatic rings. The van der Waals surface area contributed by atoms with Gasteiger partial charge in [0.1, 0.15) is 22.1 Å². The monoisotopic (exact) mass is 592 g/mol. The van der Waals surface area contributed by atoms with Crippen molar-refractivity contribution in [2.75, 3.05) is 13.1 Å². The van der Waals surface area contributed by atoms with Crippen LogP contribution in [0.2, 0.25) is 5.02 Å². The molecule has 0 radical (unpaired) electrons. The van der Waals surface area contributed by atoms with Crippen molar-refractivity contribution in [3.8, 4) is 16.9 Å². The molecule has 40 heavy (non-hydrogen) atoms. The zero-order chi connectivity index (χ0) is 29.4. The van der Waals surface area contributed by atoms with E-state index in [2.05, 4.69) is 5.32 Å². The molecule has 0 aromatic heterocycles. The molecule has 0 unspecified atom stereocenters. The maximum Gasteiger partial charge on any atom is 0.407 e. The van der Waals surface area contributed by atoms with E-state index in [4.69, 9.17) is 16.3 Å². The van der Waals surface area contributed by atoms with E-state index >= 15 is 0 Å². The zero-order valence-corrected chi connectivity index (χ0v) is 23.4. The van der Waals surface area contributed by atoms with Crippen molar-refractivity contribution in [1.29, 1.82) is 0 Å². The van der Waals surface area contributed by atoms with Gasteiger partial charge in [0.15, 0.2) is 15.6 Å². The van der Waals surface area contributed by atoms with Gasteiger partial charge in [-0.15, -0.1) is 0 Å². The lowest BCUT2D eigenvalue weighted by Crippen LogP contribution is -2.61. The minimum absolute atomic E-state index is 0.00529. The maximum atomic E-state index is 14.7. The molecule has 1 heterocycles. The Bertz CT molecular complexity index is 1570. The van der Waals surface area contributed by atoms with Crippen LogP contribution in [0.25, 0.3) is 11.1 Å². The molecule has 2 N–H and O–H groups in total. The highest BCUT2D eigenvalue weighted by Crippen LogP contribution is 2.36. The van der Waals surface area contributed by atoms with E-state index in [-0.39, 0.29) is 35.8 Å². The number of hydrogen-bond donors (Lipinski definition) is 2. The molecule has 2 amide bonds. The van der Waals surface area contributed by atoms with Crippen molar-refractivity contribution < 1.29 is 36.6 Å². The summed E-state index contributed by atoms with van der Waals surface area (Å²) >= 11 is 6.07. The highest BCUT2D eigenvalue weighted by atomic mass is 35.5. The lowest BCUT2D eigenvalue weighted by atomic mass is 10.0. The Kier molecular flexibility index (Phi) is 8.09. The van der Waals surface area contributed by atoms with Crippen molar-refractivity contribution in [3.05, 3.63) is 82.4 Å². The van der Waals surface area contributed by atoms with E-state index in [1.54, 1.807) is 51.1 Å². The number of carbonyl (C=O) groups is 2. The minimum Gasteiger partial charge on any atom is -0.505 e. The summed E-state index contributed by atoms with van der Waals surface area (Å²) in [5, 5.41) is 12.7. The first-order valence-corrected chi connectivity index (χ1v) is 14.2. The molecule has 1 aliphatic heterocycles. The van der Waals surface area contributed by atoms with Crippen molar-refractivity contribution in [1.82, 2.24) is 10.2 Å². The first kappa shape index (κ1) is 29.3. The van der Waals surface area contributed by atoms with E-state index < -0.39 is 60.5 Å². The van der Waals surface area contributed by atoms with Gasteiger partial charge in [-0.05, 0) is 44.5 Å². The van der Waals surface area contributed by atoms with E-state index in [0.29, 0.717) is 11.6 Å². The fourth-order valence-corrected chi connectivity index (χ4v) is 5.93. The molecule has 12 heteroatoms. The fraction of sp³-hybridized carbons (Fsp3) is 0.286. The number of aromatic hydroxyl groups is 1. The quantitative estimate of drug-likeness (QED) is 0.401. The van der Waals surface area contributed by atoms with E-state index in [1.165, 1.54) is 4.90 Å². The molecule has 3 aromatic rings. The second kappa shape index (κ2) is 11.1. The minimum atomic E-state index is -4.46. The number of ether oxygens (including phenoxy) is 1. The smallest absolute Gasteiger partial charge is 0.407 e. The molecule has 8 nitrogen and oxygen atoms in total. The third-order valence-corrected chi connectivity index (χ3v) is 8.03. The molecule has 1 fully saturated rings. The Morgan fingerprint density at radius 1 is 1.07 bits per heavy atom. The number of phenols is 1. The van der Waals surface area contributed by atoms with Crippen LogP contribution < -0.4 is 5.32 Å². The summed E-state index contributed by atoms with van der Waals surface area (Å²) in [5.41, 5.74) is -0.710. The highest BCUT2D eigenvalue weighted by Gasteiger charge is 2.35. The average molecular weight is 593 g/mol. The van der Waals surface area contributed by atoms with Gasteiger partial charge >= 0.3 is 6.09 Å². The second-order valence-corrected chi connectivity index (χ2v) is 12.8. The van der Waals surface area contributed by atoms with Crippen molar-refractivity contribution in [3.63, 3.8) is 0 Å². The van der Waals surface area contributed by atoms with Crippen LogP contribution in [0.5, 0.6) is 5.75 Å². The molecule has 0 bridgehead atoms. The van der Waals surface area contributed by atoms with Crippen LogP contribution in [0.15, 0.2) is 59.5 Å². The van der Waals surface area contributed by atoms with Gasteiger partial charge in [-0.25, -0.2) is 22.0 Å². The summed E-state index contributed by atoms with van der Waals surface area (Å²) in [7, 11) is -4.46. The topological polar surface area (TPSA) is 113 Å². The molecular formula is C28H27ClF2N2O6S.